The van der Waals surface area contributed by atoms with Crippen molar-refractivity contribution in [2.75, 3.05) is 5.73 Å². The van der Waals surface area contributed by atoms with Crippen LogP contribution >= 0.6 is 0 Å². The summed E-state index contributed by atoms with van der Waals surface area (Å²) in [5.41, 5.74) is 9.35. The van der Waals surface area contributed by atoms with E-state index in [2.05, 4.69) is 25.3 Å². The Morgan fingerprint density at radius 2 is 2.10 bits per heavy atom. The summed E-state index contributed by atoms with van der Waals surface area (Å²) < 4.78 is 0. The molecule has 2 aromatic heterocycles. The van der Waals surface area contributed by atoms with Crippen LogP contribution in [0.25, 0.3) is 11.6 Å². The van der Waals surface area contributed by atoms with Gasteiger partial charge in [0.2, 0.25) is 5.91 Å². The molecule has 2 heterocycles. The number of aromatic nitrogens is 4. The summed E-state index contributed by atoms with van der Waals surface area (Å²) in [6, 6.07) is 7.41. The summed E-state index contributed by atoms with van der Waals surface area (Å²) in [5.74, 6) is 0.414. The predicted molar refractivity (Wildman–Crippen MR) is 109 cm³/mol. The smallest absolute Gasteiger partial charge is 0.255 e. The Morgan fingerprint density at radius 1 is 1.31 bits per heavy atom. The minimum Gasteiger partial charge on any atom is -0.399 e. The van der Waals surface area contributed by atoms with E-state index in [0.29, 0.717) is 17.1 Å². The molecular formula is C21H22N6O2. The van der Waals surface area contributed by atoms with E-state index in [4.69, 9.17) is 5.73 Å². The topological polar surface area (TPSA) is 127 Å². The fourth-order valence-electron chi connectivity index (χ4n) is 3.74. The van der Waals surface area contributed by atoms with E-state index in [0.717, 1.165) is 30.5 Å². The number of hydrogen-bond donors (Lipinski definition) is 3. The molecule has 1 unspecified atom stereocenters. The van der Waals surface area contributed by atoms with Gasteiger partial charge in [-0.05, 0) is 55.5 Å². The summed E-state index contributed by atoms with van der Waals surface area (Å²) in [6.07, 6.45) is 5.92. The van der Waals surface area contributed by atoms with Crippen LogP contribution in [0.2, 0.25) is 0 Å². The number of nitrogens with zero attached hydrogens (tertiary/aromatic N) is 3. The van der Waals surface area contributed by atoms with Crippen molar-refractivity contribution in [2.24, 2.45) is 0 Å². The second kappa shape index (κ2) is 7.83. The highest BCUT2D eigenvalue weighted by Gasteiger charge is 2.23. The number of nitrogens with two attached hydrogens (primary N) is 1. The van der Waals surface area contributed by atoms with Crippen LogP contribution in [0, 0.1) is 6.92 Å². The Morgan fingerprint density at radius 3 is 2.86 bits per heavy atom. The van der Waals surface area contributed by atoms with Gasteiger partial charge in [-0.3, -0.25) is 9.59 Å². The Labute approximate surface area is 167 Å². The molecule has 1 amide bonds. The molecule has 0 aliphatic heterocycles. The second-order valence-electron chi connectivity index (χ2n) is 7.20. The van der Waals surface area contributed by atoms with E-state index in [1.165, 1.54) is 5.56 Å². The van der Waals surface area contributed by atoms with Gasteiger partial charge in [0.05, 0.1) is 12.5 Å². The largest absolute Gasteiger partial charge is 0.399 e. The van der Waals surface area contributed by atoms with Crippen molar-refractivity contribution in [1.82, 2.24) is 25.3 Å². The third-order valence-corrected chi connectivity index (χ3v) is 5.15. The van der Waals surface area contributed by atoms with Crippen LogP contribution in [-0.2, 0) is 17.6 Å². The van der Waals surface area contributed by atoms with Gasteiger partial charge in [0.25, 0.3) is 5.56 Å². The summed E-state index contributed by atoms with van der Waals surface area (Å²) >= 11 is 0. The van der Waals surface area contributed by atoms with Crippen LogP contribution in [-0.4, -0.2) is 25.8 Å². The lowest BCUT2D eigenvalue weighted by Crippen LogP contribution is -2.34. The molecule has 0 bridgehead atoms. The normalized spacial score (nSPS) is 15.6. The van der Waals surface area contributed by atoms with Crippen molar-refractivity contribution in [3.05, 3.63) is 69.4 Å². The molecule has 8 nitrogen and oxygen atoms in total. The number of aryl methyl sites for hydroxylation is 2. The van der Waals surface area contributed by atoms with Crippen molar-refractivity contribution in [3.63, 3.8) is 0 Å². The monoisotopic (exact) mass is 390 g/mol. The summed E-state index contributed by atoms with van der Waals surface area (Å²) in [7, 11) is 0. The zero-order valence-corrected chi connectivity index (χ0v) is 16.1. The third kappa shape index (κ3) is 4.01. The second-order valence-corrected chi connectivity index (χ2v) is 7.20. The minimum atomic E-state index is -0.355. The number of rotatable bonds is 4. The van der Waals surface area contributed by atoms with Gasteiger partial charge in [0.15, 0.2) is 11.6 Å². The molecule has 0 radical (unpaired) electrons. The summed E-state index contributed by atoms with van der Waals surface area (Å²) in [6.45, 7) is 1.71. The number of benzene rings is 1. The number of amides is 1. The van der Waals surface area contributed by atoms with Gasteiger partial charge in [-0.2, -0.15) is 0 Å². The number of carbonyl (C=O) groups is 1. The highest BCUT2D eigenvalue weighted by Crippen LogP contribution is 2.31. The van der Waals surface area contributed by atoms with Gasteiger partial charge in [-0.25, -0.2) is 15.0 Å². The molecule has 4 rings (SSSR count). The first kappa shape index (κ1) is 18.8. The number of fused-ring (bicyclic) bond motifs is 1. The van der Waals surface area contributed by atoms with Crippen LogP contribution in [0.15, 0.2) is 41.5 Å². The van der Waals surface area contributed by atoms with Crippen LogP contribution in [0.4, 0.5) is 5.69 Å². The minimum absolute atomic E-state index is 0.0368. The number of H-pyrrole nitrogens is 1. The predicted octanol–water partition coefficient (Wildman–Crippen LogP) is 1.85. The number of aromatic amines is 1. The molecule has 1 aliphatic carbocycles. The van der Waals surface area contributed by atoms with Gasteiger partial charge in [0.1, 0.15) is 0 Å². The van der Waals surface area contributed by atoms with Crippen LogP contribution < -0.4 is 16.6 Å². The number of hydrogen-bond acceptors (Lipinski definition) is 6. The number of nitrogens with one attached hydrogen (secondary N) is 2. The number of anilines is 1. The standard InChI is InChI=1S/C21H22N6O2/c1-12-16(21(29)27-20(25-12)19-23-8-3-9-24-19)11-18(28)26-17-5-2-4-13-10-14(22)6-7-15(13)17/h3,6-10,17H,2,4-5,11,22H2,1H3,(H,26,28)(H,25,27,29). The Bertz CT molecular complexity index is 1110. The first-order valence-electron chi connectivity index (χ1n) is 9.56. The van der Waals surface area contributed by atoms with Gasteiger partial charge in [-0.1, -0.05) is 6.07 Å². The average Bonchev–Trinajstić information content (AvgIpc) is 2.71. The lowest BCUT2D eigenvalue weighted by atomic mass is 9.87. The highest BCUT2D eigenvalue weighted by molar-refractivity contribution is 5.79. The van der Waals surface area contributed by atoms with E-state index in [1.807, 2.05) is 18.2 Å². The SMILES string of the molecule is Cc1nc(-c2ncccn2)[nH]c(=O)c1CC(=O)NC1CCCc2cc(N)ccc21. The Kier molecular flexibility index (Phi) is 5.07. The van der Waals surface area contributed by atoms with Crippen molar-refractivity contribution < 1.29 is 4.79 Å². The van der Waals surface area contributed by atoms with Gasteiger partial charge >= 0.3 is 0 Å². The molecule has 8 heteroatoms. The lowest BCUT2D eigenvalue weighted by Gasteiger charge is -2.26. The van der Waals surface area contributed by atoms with E-state index < -0.39 is 0 Å². The molecule has 0 spiro atoms. The van der Waals surface area contributed by atoms with Crippen molar-refractivity contribution in [1.29, 1.82) is 0 Å². The fraction of sp³-hybridized carbons (Fsp3) is 0.286. The molecule has 0 saturated carbocycles. The number of carbonyl (C=O) groups excluding carboxylic acids is 1. The zero-order chi connectivity index (χ0) is 20.4. The summed E-state index contributed by atoms with van der Waals surface area (Å²) in [4.78, 5) is 40.5. The van der Waals surface area contributed by atoms with E-state index in [1.54, 1.807) is 25.4 Å². The molecule has 148 valence electrons. The van der Waals surface area contributed by atoms with Crippen molar-refractivity contribution in [2.45, 2.75) is 38.6 Å². The zero-order valence-electron chi connectivity index (χ0n) is 16.1. The molecule has 1 aromatic carbocycles. The maximum atomic E-state index is 12.7. The van der Waals surface area contributed by atoms with Gasteiger partial charge in [0, 0.05) is 29.3 Å². The molecule has 0 saturated heterocycles. The van der Waals surface area contributed by atoms with E-state index in [-0.39, 0.29) is 29.8 Å². The fourth-order valence-corrected chi connectivity index (χ4v) is 3.74. The Hall–Kier alpha value is -3.55. The van der Waals surface area contributed by atoms with E-state index >= 15 is 0 Å². The van der Waals surface area contributed by atoms with Gasteiger partial charge < -0.3 is 16.0 Å². The number of nitrogen functional groups attached to an aromatic ring is 1. The van der Waals surface area contributed by atoms with Crippen molar-refractivity contribution >= 4 is 11.6 Å². The maximum absolute atomic E-state index is 12.7. The maximum Gasteiger partial charge on any atom is 0.255 e. The Balaban J connectivity index is 1.52. The van der Waals surface area contributed by atoms with E-state index in [9.17, 15) is 9.59 Å². The van der Waals surface area contributed by atoms with Crippen LogP contribution in [0.5, 0.6) is 0 Å². The van der Waals surface area contributed by atoms with Crippen LogP contribution in [0.3, 0.4) is 0 Å². The molecule has 1 aliphatic rings. The first-order valence-corrected chi connectivity index (χ1v) is 9.56. The highest BCUT2D eigenvalue weighted by atomic mass is 16.2. The molecule has 4 N–H and O–H groups in total. The molecule has 1 atom stereocenters. The summed E-state index contributed by atoms with van der Waals surface area (Å²) in [5, 5.41) is 3.06. The average molecular weight is 390 g/mol. The molecule has 0 fully saturated rings. The molecule has 29 heavy (non-hydrogen) atoms. The van der Waals surface area contributed by atoms with Crippen molar-refractivity contribution in [3.8, 4) is 11.6 Å². The third-order valence-electron chi connectivity index (χ3n) is 5.15. The van der Waals surface area contributed by atoms with Gasteiger partial charge in [-0.15, -0.1) is 0 Å². The molecular weight excluding hydrogens is 368 g/mol. The lowest BCUT2D eigenvalue weighted by molar-refractivity contribution is -0.121. The quantitative estimate of drug-likeness (QED) is 0.584. The van der Waals surface area contributed by atoms with Crippen LogP contribution in [0.1, 0.15) is 41.3 Å². The first-order chi connectivity index (χ1) is 14.0. The molecule has 3 aromatic rings.